The number of hydrogen-bond acceptors (Lipinski definition) is 3. The smallest absolute Gasteiger partial charge is 0.127 e. The fourth-order valence-electron chi connectivity index (χ4n) is 3.92. The molecule has 1 N–H and O–H groups in total. The number of hydrogen-bond donors (Lipinski definition) is 1. The largest absolute Gasteiger partial charge is 0.508 e. The Balaban J connectivity index is 2.15. The molecule has 0 unspecified atom stereocenters. The van der Waals surface area contributed by atoms with E-state index in [9.17, 15) is 10.4 Å². The first-order valence-corrected chi connectivity index (χ1v) is 8.29. The van der Waals surface area contributed by atoms with Gasteiger partial charge in [-0.2, -0.15) is 5.26 Å². The summed E-state index contributed by atoms with van der Waals surface area (Å²) in [7, 11) is 0. The van der Waals surface area contributed by atoms with Crippen molar-refractivity contribution in [2.75, 3.05) is 0 Å². The molecule has 122 valence electrons. The van der Waals surface area contributed by atoms with Gasteiger partial charge in [-0.05, 0) is 49.8 Å². The van der Waals surface area contributed by atoms with Gasteiger partial charge in [-0.1, -0.05) is 26.8 Å². The van der Waals surface area contributed by atoms with Crippen molar-refractivity contribution in [3.05, 3.63) is 34.9 Å². The third kappa shape index (κ3) is 2.61. The Hall–Kier alpha value is -1.95. The second-order valence-electron chi connectivity index (χ2n) is 8.36. The van der Waals surface area contributed by atoms with Crippen LogP contribution in [0.3, 0.4) is 0 Å². The lowest BCUT2D eigenvalue weighted by Crippen LogP contribution is -2.45. The van der Waals surface area contributed by atoms with Crippen molar-refractivity contribution >= 4 is 0 Å². The molecule has 1 heterocycles. The molecule has 0 spiro atoms. The summed E-state index contributed by atoms with van der Waals surface area (Å²) in [5.74, 6) is 1.50. The van der Waals surface area contributed by atoms with Gasteiger partial charge in [0, 0.05) is 23.0 Å². The lowest BCUT2D eigenvalue weighted by Gasteiger charge is -2.47. The number of nitriles is 1. The topological polar surface area (TPSA) is 53.2 Å². The number of nitrogens with zero attached hydrogens (tertiary/aromatic N) is 1. The minimum Gasteiger partial charge on any atom is -0.508 e. The molecule has 23 heavy (non-hydrogen) atoms. The van der Waals surface area contributed by atoms with E-state index in [-0.39, 0.29) is 22.9 Å². The third-order valence-corrected chi connectivity index (χ3v) is 5.31. The Kier molecular flexibility index (Phi) is 3.48. The fraction of sp³-hybridized carbons (Fsp3) is 0.550. The van der Waals surface area contributed by atoms with Crippen LogP contribution in [0.1, 0.15) is 64.5 Å². The van der Waals surface area contributed by atoms with E-state index in [4.69, 9.17) is 4.74 Å². The van der Waals surface area contributed by atoms with E-state index in [1.165, 1.54) is 0 Å². The van der Waals surface area contributed by atoms with E-state index < -0.39 is 0 Å². The Morgan fingerprint density at radius 1 is 1.30 bits per heavy atom. The summed E-state index contributed by atoms with van der Waals surface area (Å²) in [6, 6.07) is 6.22. The number of ether oxygens (including phenoxy) is 1. The fourth-order valence-corrected chi connectivity index (χ4v) is 3.92. The second-order valence-corrected chi connectivity index (χ2v) is 8.36. The number of phenols is 1. The first kappa shape index (κ1) is 15.9. The predicted octanol–water partition coefficient (Wildman–Crippen LogP) is 4.80. The zero-order chi connectivity index (χ0) is 17.0. The van der Waals surface area contributed by atoms with Crippen LogP contribution < -0.4 is 4.74 Å². The van der Waals surface area contributed by atoms with Gasteiger partial charge in [-0.25, -0.2) is 0 Å². The maximum atomic E-state index is 10.7. The van der Waals surface area contributed by atoms with Crippen molar-refractivity contribution in [2.24, 2.45) is 5.92 Å². The van der Waals surface area contributed by atoms with Gasteiger partial charge in [0.2, 0.25) is 0 Å². The molecule has 0 saturated heterocycles. The third-order valence-electron chi connectivity index (χ3n) is 5.31. The summed E-state index contributed by atoms with van der Waals surface area (Å²) in [6.07, 6.45) is 3.53. The van der Waals surface area contributed by atoms with Crippen LogP contribution in [0.15, 0.2) is 23.8 Å². The first-order valence-electron chi connectivity index (χ1n) is 8.29. The molecule has 0 amide bonds. The number of benzene rings is 1. The van der Waals surface area contributed by atoms with Crippen LogP contribution in [0.25, 0.3) is 0 Å². The molecule has 3 nitrogen and oxygen atoms in total. The average Bonchev–Trinajstić information content (AvgIpc) is 2.44. The quantitative estimate of drug-likeness (QED) is 0.748. The highest BCUT2D eigenvalue weighted by atomic mass is 16.5. The number of aromatic hydroxyl groups is 1. The summed E-state index contributed by atoms with van der Waals surface area (Å²) in [4.78, 5) is 0. The summed E-state index contributed by atoms with van der Waals surface area (Å²) in [6.45, 7) is 10.6. The second kappa shape index (κ2) is 5.03. The number of allylic oxidation sites excluding steroid dienone is 2. The van der Waals surface area contributed by atoms with Crippen molar-refractivity contribution in [1.82, 2.24) is 0 Å². The van der Waals surface area contributed by atoms with E-state index in [0.717, 1.165) is 28.9 Å². The minimum absolute atomic E-state index is 0.0544. The Morgan fingerprint density at radius 3 is 2.61 bits per heavy atom. The molecule has 1 aromatic rings. The Morgan fingerprint density at radius 2 is 2.00 bits per heavy atom. The zero-order valence-corrected chi connectivity index (χ0v) is 14.6. The van der Waals surface area contributed by atoms with Crippen LogP contribution >= 0.6 is 0 Å². The van der Waals surface area contributed by atoms with Crippen LogP contribution in [-0.4, -0.2) is 10.7 Å². The molecule has 2 aliphatic rings. The highest BCUT2D eigenvalue weighted by Gasteiger charge is 2.46. The van der Waals surface area contributed by atoms with Gasteiger partial charge < -0.3 is 9.84 Å². The molecule has 1 aliphatic heterocycles. The van der Waals surface area contributed by atoms with Crippen molar-refractivity contribution in [1.29, 1.82) is 5.26 Å². The number of phenolic OH excluding ortho intramolecular Hbond substituents is 1. The SMILES string of the molecule is CC(C)(C)c1cc(O)c2c(c1)OC(C)(C)[C@@H]1CC=C(C#N)C[C@@H]21. The average molecular weight is 311 g/mol. The molecule has 3 rings (SSSR count). The van der Waals surface area contributed by atoms with Crippen LogP contribution in [0.2, 0.25) is 0 Å². The van der Waals surface area contributed by atoms with E-state index in [1.807, 2.05) is 12.1 Å². The molecular weight excluding hydrogens is 286 g/mol. The van der Waals surface area contributed by atoms with Crippen LogP contribution in [0.5, 0.6) is 11.5 Å². The molecule has 2 atom stereocenters. The lowest BCUT2D eigenvalue weighted by molar-refractivity contribution is 0.00775. The van der Waals surface area contributed by atoms with Crippen LogP contribution in [0.4, 0.5) is 0 Å². The molecule has 1 aromatic carbocycles. The van der Waals surface area contributed by atoms with Gasteiger partial charge in [-0.3, -0.25) is 0 Å². The molecule has 0 saturated carbocycles. The molecule has 0 fully saturated rings. The van der Waals surface area contributed by atoms with Gasteiger partial charge in [-0.15, -0.1) is 0 Å². The zero-order valence-electron chi connectivity index (χ0n) is 14.6. The van der Waals surface area contributed by atoms with Gasteiger partial charge in [0.15, 0.2) is 0 Å². The van der Waals surface area contributed by atoms with Crippen molar-refractivity contribution in [3.8, 4) is 17.6 Å². The van der Waals surface area contributed by atoms with Gasteiger partial charge in [0.25, 0.3) is 0 Å². The minimum atomic E-state index is -0.307. The van der Waals surface area contributed by atoms with E-state index in [0.29, 0.717) is 12.2 Å². The van der Waals surface area contributed by atoms with Crippen molar-refractivity contribution in [3.63, 3.8) is 0 Å². The van der Waals surface area contributed by atoms with Crippen LogP contribution in [-0.2, 0) is 5.41 Å². The van der Waals surface area contributed by atoms with E-state index in [2.05, 4.69) is 46.8 Å². The molecule has 0 radical (unpaired) electrons. The lowest BCUT2D eigenvalue weighted by atomic mass is 9.67. The van der Waals surface area contributed by atoms with Crippen molar-refractivity contribution in [2.45, 2.75) is 64.4 Å². The maximum absolute atomic E-state index is 10.7. The molecule has 3 heteroatoms. The number of fused-ring (bicyclic) bond motifs is 3. The maximum Gasteiger partial charge on any atom is 0.127 e. The summed E-state index contributed by atoms with van der Waals surface area (Å²) < 4.78 is 6.30. The van der Waals surface area contributed by atoms with E-state index in [1.54, 1.807) is 0 Å². The molecule has 1 aliphatic carbocycles. The predicted molar refractivity (Wildman–Crippen MR) is 90.7 cm³/mol. The standard InChI is InChI=1S/C20H25NO2/c1-19(2,3)13-9-16(22)18-14-8-12(11-21)6-7-15(14)20(4,5)23-17(18)10-13/h6,9-10,14-15,22H,7-8H2,1-5H3/t14-,15-/m1/s1. The number of rotatable bonds is 0. The Labute approximate surface area is 138 Å². The summed E-state index contributed by atoms with van der Waals surface area (Å²) in [5.41, 5.74) is 2.39. The van der Waals surface area contributed by atoms with Crippen LogP contribution in [0, 0.1) is 17.2 Å². The normalized spacial score (nSPS) is 25.5. The van der Waals surface area contributed by atoms with Gasteiger partial charge in [0.1, 0.15) is 17.1 Å². The highest BCUT2D eigenvalue weighted by Crippen LogP contribution is 2.54. The monoisotopic (exact) mass is 311 g/mol. The molecule has 0 aromatic heterocycles. The Bertz CT molecular complexity index is 716. The van der Waals surface area contributed by atoms with Gasteiger partial charge >= 0.3 is 0 Å². The molecule has 0 bridgehead atoms. The summed E-state index contributed by atoms with van der Waals surface area (Å²) >= 11 is 0. The van der Waals surface area contributed by atoms with Crippen molar-refractivity contribution < 1.29 is 9.84 Å². The van der Waals surface area contributed by atoms with Gasteiger partial charge in [0.05, 0.1) is 6.07 Å². The first-order chi connectivity index (χ1) is 10.6. The van der Waals surface area contributed by atoms with E-state index >= 15 is 0 Å². The summed E-state index contributed by atoms with van der Waals surface area (Å²) in [5, 5.41) is 20.0. The highest BCUT2D eigenvalue weighted by molar-refractivity contribution is 5.54. The molecular formula is C20H25NO2.